The summed E-state index contributed by atoms with van der Waals surface area (Å²) in [5.41, 5.74) is 2.28. The fourth-order valence-corrected chi connectivity index (χ4v) is 3.90. The summed E-state index contributed by atoms with van der Waals surface area (Å²) in [5, 5.41) is 10.7. The molecular weight excluding hydrogens is 444 g/mol. The highest BCUT2D eigenvalue weighted by atomic mass is 35.5. The Balaban J connectivity index is 1.89. The largest absolute Gasteiger partial charge is 0.461 e. The van der Waals surface area contributed by atoms with E-state index in [0.717, 1.165) is 38.8 Å². The number of rotatable bonds is 7. The summed E-state index contributed by atoms with van der Waals surface area (Å²) in [6, 6.07) is 12.6. The fraction of sp³-hybridized carbons (Fsp3) is 0.292. The molecule has 0 aliphatic carbocycles. The van der Waals surface area contributed by atoms with E-state index in [2.05, 4.69) is 9.98 Å². The van der Waals surface area contributed by atoms with Gasteiger partial charge in [0.15, 0.2) is 0 Å². The Kier molecular flexibility index (Phi) is 6.67. The maximum atomic E-state index is 13.2. The number of aromatic nitrogens is 3. The molecule has 0 bridgehead atoms. The summed E-state index contributed by atoms with van der Waals surface area (Å²) in [4.78, 5) is 33.2. The molecule has 0 saturated carbocycles. The average molecular weight is 469 g/mol. The van der Waals surface area contributed by atoms with Crippen LogP contribution >= 0.6 is 11.6 Å². The molecule has 0 amide bonds. The van der Waals surface area contributed by atoms with Crippen molar-refractivity contribution in [3.05, 3.63) is 91.0 Å². The number of H-pyrrole nitrogens is 1. The summed E-state index contributed by atoms with van der Waals surface area (Å²) in [5.74, 6) is 0.917. The van der Waals surface area contributed by atoms with Crippen LogP contribution in [0.15, 0.2) is 61.5 Å². The number of halogens is 1. The van der Waals surface area contributed by atoms with E-state index in [-0.39, 0.29) is 31.7 Å². The van der Waals surface area contributed by atoms with E-state index in [4.69, 9.17) is 21.1 Å². The second-order valence-corrected chi connectivity index (χ2v) is 8.21. The minimum absolute atomic E-state index is 0.103. The van der Waals surface area contributed by atoms with Gasteiger partial charge in [-0.2, -0.15) is 0 Å². The van der Waals surface area contributed by atoms with Crippen molar-refractivity contribution >= 4 is 28.3 Å². The Morgan fingerprint density at radius 1 is 1.12 bits per heavy atom. The molecule has 0 aliphatic rings. The first-order chi connectivity index (χ1) is 15.9. The van der Waals surface area contributed by atoms with Crippen LogP contribution < -0.4 is 17.0 Å². The molecule has 0 unspecified atom stereocenters. The summed E-state index contributed by atoms with van der Waals surface area (Å²) < 4.78 is 8.35. The van der Waals surface area contributed by atoms with Gasteiger partial charge in [0.2, 0.25) is 5.62 Å². The van der Waals surface area contributed by atoms with E-state index >= 15 is 0 Å². The van der Waals surface area contributed by atoms with E-state index in [1.165, 1.54) is 4.57 Å². The van der Waals surface area contributed by atoms with Crippen molar-refractivity contribution in [1.82, 2.24) is 14.1 Å². The third kappa shape index (κ3) is 4.72. The van der Waals surface area contributed by atoms with Gasteiger partial charge in [0.05, 0.1) is 12.2 Å². The zero-order valence-electron chi connectivity index (χ0n) is 18.5. The number of aryl methyl sites for hydroxylation is 2. The molecule has 0 fully saturated rings. The molecule has 4 rings (SSSR count). The quantitative estimate of drug-likeness (QED) is 0.434. The second-order valence-electron chi connectivity index (χ2n) is 7.77. The highest BCUT2D eigenvalue weighted by Crippen LogP contribution is 2.29. The van der Waals surface area contributed by atoms with Crippen molar-refractivity contribution in [3.63, 3.8) is 0 Å². The maximum absolute atomic E-state index is 13.2. The van der Waals surface area contributed by atoms with E-state index < -0.39 is 11.4 Å². The van der Waals surface area contributed by atoms with Crippen LogP contribution in [-0.2, 0) is 19.5 Å². The zero-order valence-corrected chi connectivity index (χ0v) is 19.2. The highest BCUT2D eigenvalue weighted by molar-refractivity contribution is 6.30. The molecule has 2 aromatic heterocycles. The first-order valence-electron chi connectivity index (χ1n) is 10.8. The summed E-state index contributed by atoms with van der Waals surface area (Å²) in [7, 11) is 0. The lowest BCUT2D eigenvalue weighted by molar-refractivity contribution is 0.276. The van der Waals surface area contributed by atoms with Gasteiger partial charge in [-0.3, -0.25) is 9.55 Å². The Morgan fingerprint density at radius 3 is 2.58 bits per heavy atom. The molecule has 0 saturated heterocycles. The molecule has 172 valence electrons. The smallest absolute Gasteiger partial charge is 0.335 e. The molecule has 0 aliphatic heterocycles. The maximum Gasteiger partial charge on any atom is 0.335 e. The molecule has 0 radical (unpaired) electrons. The zero-order chi connectivity index (χ0) is 23.5. The molecule has 0 atom stereocenters. The van der Waals surface area contributed by atoms with Gasteiger partial charge in [0.25, 0.3) is 0 Å². The monoisotopic (exact) mass is 468 g/mol. The molecule has 33 heavy (non-hydrogen) atoms. The summed E-state index contributed by atoms with van der Waals surface area (Å²) >= 11 is 5.99. The molecule has 2 N–H and O–H groups in total. The van der Waals surface area contributed by atoms with Crippen molar-refractivity contribution in [1.29, 1.82) is 0 Å². The lowest BCUT2D eigenvalue weighted by Gasteiger charge is -2.11. The van der Waals surface area contributed by atoms with Crippen molar-refractivity contribution in [2.45, 2.75) is 39.8 Å². The normalized spacial score (nSPS) is 12.1. The molecule has 2 aromatic carbocycles. The van der Waals surface area contributed by atoms with Crippen molar-refractivity contribution in [2.75, 3.05) is 6.61 Å². The molecule has 8 nitrogen and oxygen atoms in total. The second kappa shape index (κ2) is 9.64. The minimum atomic E-state index is -0.576. The van der Waals surface area contributed by atoms with Crippen molar-refractivity contribution in [2.24, 2.45) is 4.99 Å². The third-order valence-electron chi connectivity index (χ3n) is 5.55. The first kappa shape index (κ1) is 22.8. The van der Waals surface area contributed by atoms with Crippen LogP contribution in [0.5, 0.6) is 0 Å². The van der Waals surface area contributed by atoms with Gasteiger partial charge in [0, 0.05) is 30.0 Å². The molecular formula is C24H25ClN4O4. The van der Waals surface area contributed by atoms with Crippen LogP contribution in [0.4, 0.5) is 5.69 Å². The number of aromatic amines is 1. The molecule has 4 aromatic rings. The van der Waals surface area contributed by atoms with Crippen LogP contribution in [0.1, 0.15) is 30.2 Å². The third-order valence-corrected chi connectivity index (χ3v) is 5.80. The van der Waals surface area contributed by atoms with E-state index in [0.29, 0.717) is 10.7 Å². The molecule has 2 heterocycles. The number of aliphatic hydroxyl groups excluding tert-OH is 1. The summed E-state index contributed by atoms with van der Waals surface area (Å²) in [6.07, 6.45) is 1.07. The number of hydrogen-bond acceptors (Lipinski definition) is 5. The SMILES string of the molecule is CCc1oc2ccc(/N=c3\[nH]c(=O)n(CCCO)c(=O)n3Cc3ccc(Cl)cc3)cc2c1C. The Morgan fingerprint density at radius 2 is 1.88 bits per heavy atom. The lowest BCUT2D eigenvalue weighted by Crippen LogP contribution is -2.50. The van der Waals surface area contributed by atoms with E-state index in [9.17, 15) is 9.59 Å². The molecule has 0 spiro atoms. The van der Waals surface area contributed by atoms with E-state index in [1.807, 2.05) is 38.1 Å². The van der Waals surface area contributed by atoms with E-state index in [1.54, 1.807) is 18.2 Å². The standard InChI is InChI=1S/C24H25ClN4O4/c1-3-20-15(2)19-13-18(9-10-21(19)33-20)26-22-27-23(31)28(11-4-12-30)24(32)29(22)14-16-5-7-17(25)8-6-16/h5-10,13,30H,3-4,11-12,14H2,1-2H3,(H,26,27,31). The van der Waals surface area contributed by atoms with Crippen LogP contribution in [0, 0.1) is 6.92 Å². The number of furan rings is 1. The number of benzene rings is 2. The fourth-order valence-electron chi connectivity index (χ4n) is 3.77. The topological polar surface area (TPSA) is 106 Å². The van der Waals surface area contributed by atoms with Crippen molar-refractivity contribution in [3.8, 4) is 0 Å². The van der Waals surface area contributed by atoms with Gasteiger partial charge in [0.1, 0.15) is 11.3 Å². The number of fused-ring (bicyclic) bond motifs is 1. The van der Waals surface area contributed by atoms with Crippen LogP contribution in [0.3, 0.4) is 0 Å². The van der Waals surface area contributed by atoms with Gasteiger partial charge in [-0.25, -0.2) is 19.1 Å². The Bertz CT molecular complexity index is 1480. The van der Waals surface area contributed by atoms with Gasteiger partial charge in [-0.05, 0) is 54.8 Å². The number of nitrogens with zero attached hydrogens (tertiary/aromatic N) is 3. The van der Waals surface area contributed by atoms with Crippen molar-refractivity contribution < 1.29 is 9.52 Å². The highest BCUT2D eigenvalue weighted by Gasteiger charge is 2.12. The number of aliphatic hydroxyl groups is 1. The first-order valence-corrected chi connectivity index (χ1v) is 11.1. The van der Waals surface area contributed by atoms with Gasteiger partial charge in [-0.15, -0.1) is 0 Å². The lowest BCUT2D eigenvalue weighted by atomic mass is 10.1. The van der Waals surface area contributed by atoms with Crippen LogP contribution in [0.2, 0.25) is 5.02 Å². The van der Waals surface area contributed by atoms with Crippen LogP contribution in [0.25, 0.3) is 11.0 Å². The Hall–Kier alpha value is -3.36. The molecule has 9 heteroatoms. The predicted molar refractivity (Wildman–Crippen MR) is 127 cm³/mol. The van der Waals surface area contributed by atoms with Gasteiger partial charge < -0.3 is 9.52 Å². The average Bonchev–Trinajstić information content (AvgIpc) is 3.12. The minimum Gasteiger partial charge on any atom is -0.461 e. The van der Waals surface area contributed by atoms with Crippen LogP contribution in [-0.4, -0.2) is 25.8 Å². The Labute approximate surface area is 194 Å². The van der Waals surface area contributed by atoms with Gasteiger partial charge >= 0.3 is 11.4 Å². The van der Waals surface area contributed by atoms with Gasteiger partial charge in [-0.1, -0.05) is 30.7 Å². The number of hydrogen-bond donors (Lipinski definition) is 2. The number of nitrogens with one attached hydrogen (secondary N) is 1. The summed E-state index contributed by atoms with van der Waals surface area (Å²) in [6.45, 7) is 4.20. The predicted octanol–water partition coefficient (Wildman–Crippen LogP) is 3.27.